The lowest BCUT2D eigenvalue weighted by atomic mass is 9.80. The predicted molar refractivity (Wildman–Crippen MR) is 149 cm³/mol. The maximum Gasteiger partial charge on any atom is 0.407 e. The minimum absolute atomic E-state index is 0.123. The first-order valence-electron chi connectivity index (χ1n) is 12.9. The highest BCUT2D eigenvalue weighted by Crippen LogP contribution is 2.36. The highest BCUT2D eigenvalue weighted by molar-refractivity contribution is 5.65. The smallest absolute Gasteiger partial charge is 0.407 e. The van der Waals surface area contributed by atoms with Crippen molar-refractivity contribution in [1.82, 2.24) is 0 Å². The first kappa shape index (κ1) is 33.0. The van der Waals surface area contributed by atoms with Crippen molar-refractivity contribution >= 4 is 6.09 Å². The standard InChI is InChI=1S/C30H45NO7/c1-7-12-25(32)19-27(33)24(6)30(36,38-29(31)35)23(5)18-20(2)17-22(4)28(34)21(3)13-11-16-37-26-14-9-8-10-15-26/h7-15,17,21-24,27-28,32-34,36H,1,16,18-19H2,2-6H3,(H2,31,35)/b13-11+,20-17+,25-12-. The van der Waals surface area contributed by atoms with E-state index in [9.17, 15) is 25.2 Å². The van der Waals surface area contributed by atoms with Crippen LogP contribution < -0.4 is 10.5 Å². The van der Waals surface area contributed by atoms with Gasteiger partial charge >= 0.3 is 6.09 Å². The molecule has 0 saturated heterocycles. The Bertz CT molecular complexity index is 959. The number of benzene rings is 1. The van der Waals surface area contributed by atoms with Gasteiger partial charge in [0.05, 0.1) is 18.0 Å². The number of carbonyl (C=O) groups is 1. The molecule has 0 heterocycles. The van der Waals surface area contributed by atoms with Crippen LogP contribution in [0.2, 0.25) is 0 Å². The summed E-state index contributed by atoms with van der Waals surface area (Å²) in [5.41, 5.74) is 6.09. The number of para-hydroxylation sites is 1. The van der Waals surface area contributed by atoms with Crippen LogP contribution in [-0.2, 0) is 4.74 Å². The van der Waals surface area contributed by atoms with Gasteiger partial charge in [0.25, 0.3) is 0 Å². The number of primary amides is 1. The molecule has 212 valence electrons. The molecule has 38 heavy (non-hydrogen) atoms. The third kappa shape index (κ3) is 10.7. The topological polar surface area (TPSA) is 142 Å². The lowest BCUT2D eigenvalue weighted by Gasteiger charge is -2.40. The fourth-order valence-electron chi connectivity index (χ4n) is 4.44. The maximum atomic E-state index is 11.6. The van der Waals surface area contributed by atoms with Crippen LogP contribution >= 0.6 is 0 Å². The molecule has 1 amide bonds. The largest absolute Gasteiger partial charge is 0.512 e. The predicted octanol–water partition coefficient (Wildman–Crippen LogP) is 5.03. The fraction of sp³-hybridized carbons (Fsp3) is 0.500. The zero-order chi connectivity index (χ0) is 28.9. The third-order valence-electron chi connectivity index (χ3n) is 6.71. The number of rotatable bonds is 16. The summed E-state index contributed by atoms with van der Waals surface area (Å²) in [6.45, 7) is 12.8. The second-order valence-corrected chi connectivity index (χ2v) is 10.0. The van der Waals surface area contributed by atoms with Gasteiger partial charge in [-0.05, 0) is 31.6 Å². The van der Waals surface area contributed by atoms with E-state index >= 15 is 0 Å². The first-order valence-corrected chi connectivity index (χ1v) is 12.9. The lowest BCUT2D eigenvalue weighted by Crippen LogP contribution is -2.52. The molecule has 0 saturated carbocycles. The summed E-state index contributed by atoms with van der Waals surface area (Å²) < 4.78 is 10.8. The van der Waals surface area contributed by atoms with Crippen molar-refractivity contribution in [3.8, 4) is 5.75 Å². The van der Waals surface area contributed by atoms with Gasteiger partial charge in [-0.1, -0.05) is 82.4 Å². The number of allylic oxidation sites excluding steroid dienone is 3. The van der Waals surface area contributed by atoms with Crippen LogP contribution in [0.15, 0.2) is 78.6 Å². The summed E-state index contributed by atoms with van der Waals surface area (Å²) in [7, 11) is 0. The Hall–Kier alpha value is -3.07. The van der Waals surface area contributed by atoms with Crippen molar-refractivity contribution in [1.29, 1.82) is 0 Å². The molecule has 0 aliphatic heterocycles. The van der Waals surface area contributed by atoms with E-state index in [1.165, 1.54) is 19.1 Å². The Morgan fingerprint density at radius 3 is 2.32 bits per heavy atom. The molecule has 0 spiro atoms. The minimum atomic E-state index is -2.09. The number of nitrogens with two attached hydrogens (primary N) is 1. The Kier molecular flexibility index (Phi) is 13.9. The number of carbonyl (C=O) groups excluding carboxylic acids is 1. The van der Waals surface area contributed by atoms with Crippen molar-refractivity contribution in [3.05, 3.63) is 78.6 Å². The SMILES string of the molecule is C=C/C=C(\O)CC(O)C(C)C(O)(OC(N)=O)C(C)C/C(C)=C/C(C)C(O)C(C)/C=C/COc1ccccc1. The molecule has 8 nitrogen and oxygen atoms in total. The molecule has 7 atom stereocenters. The summed E-state index contributed by atoms with van der Waals surface area (Å²) in [5, 5.41) is 42.6. The average molecular weight is 532 g/mol. The van der Waals surface area contributed by atoms with Crippen LogP contribution in [0, 0.1) is 23.7 Å². The van der Waals surface area contributed by atoms with E-state index in [2.05, 4.69) is 6.58 Å². The second-order valence-electron chi connectivity index (χ2n) is 10.0. The molecule has 7 unspecified atom stereocenters. The number of aliphatic hydroxyl groups excluding tert-OH is 3. The Balaban J connectivity index is 2.84. The van der Waals surface area contributed by atoms with Gasteiger partial charge in [-0.25, -0.2) is 4.79 Å². The van der Waals surface area contributed by atoms with Crippen LogP contribution in [0.1, 0.15) is 47.5 Å². The summed E-state index contributed by atoms with van der Waals surface area (Å²) in [6.07, 6.45) is 5.50. The number of aliphatic hydroxyl groups is 4. The van der Waals surface area contributed by atoms with Crippen LogP contribution in [0.25, 0.3) is 0 Å². The van der Waals surface area contributed by atoms with Crippen molar-refractivity contribution in [3.63, 3.8) is 0 Å². The molecule has 0 fully saturated rings. The molecule has 0 bridgehead atoms. The maximum absolute atomic E-state index is 11.6. The molecule has 0 aliphatic rings. The molecular weight excluding hydrogens is 486 g/mol. The zero-order valence-electron chi connectivity index (χ0n) is 23.2. The molecule has 1 aromatic carbocycles. The quantitative estimate of drug-likeness (QED) is 0.0872. The molecule has 0 aliphatic carbocycles. The van der Waals surface area contributed by atoms with Crippen LogP contribution in [0.3, 0.4) is 0 Å². The average Bonchev–Trinajstić information content (AvgIpc) is 2.85. The van der Waals surface area contributed by atoms with E-state index in [1.807, 2.05) is 69.3 Å². The van der Waals surface area contributed by atoms with E-state index < -0.39 is 35.9 Å². The monoisotopic (exact) mass is 531 g/mol. The molecule has 0 aromatic heterocycles. The van der Waals surface area contributed by atoms with Gasteiger partial charge in [0.2, 0.25) is 5.79 Å². The molecule has 6 N–H and O–H groups in total. The van der Waals surface area contributed by atoms with E-state index in [0.717, 1.165) is 11.3 Å². The van der Waals surface area contributed by atoms with E-state index in [-0.39, 0.29) is 24.0 Å². The van der Waals surface area contributed by atoms with Gasteiger partial charge < -0.3 is 35.6 Å². The third-order valence-corrected chi connectivity index (χ3v) is 6.71. The highest BCUT2D eigenvalue weighted by Gasteiger charge is 2.46. The highest BCUT2D eigenvalue weighted by atomic mass is 16.7. The van der Waals surface area contributed by atoms with Crippen LogP contribution in [0.5, 0.6) is 5.75 Å². The summed E-state index contributed by atoms with van der Waals surface area (Å²) in [5.74, 6) is -3.40. The Labute approximate surface area is 226 Å². The Morgan fingerprint density at radius 2 is 1.74 bits per heavy atom. The Morgan fingerprint density at radius 1 is 1.11 bits per heavy atom. The number of hydrogen-bond acceptors (Lipinski definition) is 7. The van der Waals surface area contributed by atoms with Crippen LogP contribution in [-0.4, -0.2) is 51.1 Å². The summed E-state index contributed by atoms with van der Waals surface area (Å²) in [6, 6.07) is 9.48. The minimum Gasteiger partial charge on any atom is -0.512 e. The van der Waals surface area contributed by atoms with E-state index in [4.69, 9.17) is 15.2 Å². The van der Waals surface area contributed by atoms with Crippen molar-refractivity contribution < 1.29 is 34.7 Å². The molecule has 8 heteroatoms. The van der Waals surface area contributed by atoms with E-state index in [0.29, 0.717) is 13.0 Å². The van der Waals surface area contributed by atoms with Crippen molar-refractivity contribution in [2.45, 2.75) is 65.5 Å². The van der Waals surface area contributed by atoms with Crippen LogP contribution in [0.4, 0.5) is 4.79 Å². The number of hydrogen-bond donors (Lipinski definition) is 5. The zero-order valence-corrected chi connectivity index (χ0v) is 23.2. The normalized spacial score (nSPS) is 19.1. The molecule has 0 radical (unpaired) electrons. The van der Waals surface area contributed by atoms with Gasteiger partial charge in [0, 0.05) is 30.1 Å². The van der Waals surface area contributed by atoms with Gasteiger partial charge in [-0.2, -0.15) is 0 Å². The van der Waals surface area contributed by atoms with Gasteiger partial charge in [-0.3, -0.25) is 0 Å². The van der Waals surface area contributed by atoms with Gasteiger partial charge in [-0.15, -0.1) is 0 Å². The second kappa shape index (κ2) is 16.0. The number of ether oxygens (including phenoxy) is 2. The summed E-state index contributed by atoms with van der Waals surface area (Å²) in [4.78, 5) is 11.6. The summed E-state index contributed by atoms with van der Waals surface area (Å²) >= 11 is 0. The van der Waals surface area contributed by atoms with Gasteiger partial charge in [0.1, 0.15) is 12.4 Å². The fourth-order valence-corrected chi connectivity index (χ4v) is 4.44. The van der Waals surface area contributed by atoms with Gasteiger partial charge in [0.15, 0.2) is 0 Å². The molecule has 1 rings (SSSR count). The first-order chi connectivity index (χ1) is 17.8. The molecular formula is C30H45NO7. The lowest BCUT2D eigenvalue weighted by molar-refractivity contribution is -0.242. The van der Waals surface area contributed by atoms with E-state index in [1.54, 1.807) is 6.92 Å². The van der Waals surface area contributed by atoms with Crippen molar-refractivity contribution in [2.24, 2.45) is 29.4 Å². The molecule has 1 aromatic rings. The van der Waals surface area contributed by atoms with Crippen molar-refractivity contribution in [2.75, 3.05) is 6.61 Å². The number of amides is 1.